The number of halogens is 3. The molecule has 0 atom stereocenters. The van der Waals surface area contributed by atoms with Crippen molar-refractivity contribution in [2.75, 3.05) is 18.4 Å². The fraction of sp³-hybridized carbons (Fsp3) is 0.273. The number of hydrogen-bond donors (Lipinski definition) is 3. The van der Waals surface area contributed by atoms with Crippen LogP contribution in [0.25, 0.3) is 0 Å². The second kappa shape index (κ2) is 6.19. The number of anilines is 1. The van der Waals surface area contributed by atoms with Crippen molar-refractivity contribution in [3.05, 3.63) is 29.8 Å². The van der Waals surface area contributed by atoms with Gasteiger partial charge in [0, 0.05) is 11.3 Å². The smallest absolute Gasteiger partial charge is 0.366 e. The molecule has 0 heterocycles. The van der Waals surface area contributed by atoms with Gasteiger partial charge in [-0.25, -0.2) is 0 Å². The molecule has 8 heteroatoms. The van der Waals surface area contributed by atoms with E-state index in [9.17, 15) is 22.8 Å². The summed E-state index contributed by atoms with van der Waals surface area (Å²) in [4.78, 5) is 22.1. The molecule has 0 unspecified atom stereocenters. The van der Waals surface area contributed by atoms with E-state index in [-0.39, 0.29) is 5.56 Å². The van der Waals surface area contributed by atoms with Crippen molar-refractivity contribution < 1.29 is 22.8 Å². The largest absolute Gasteiger partial charge is 0.401 e. The maximum Gasteiger partial charge on any atom is 0.401 e. The Bertz CT molecular complexity index is 457. The molecule has 0 spiro atoms. The third-order valence-electron chi connectivity index (χ3n) is 2.06. The SMILES string of the molecule is NC(=O)c1ccc(NC(=O)CNCC(F)(F)F)cc1. The number of nitrogens with two attached hydrogens (primary N) is 1. The normalized spacial score (nSPS) is 11.1. The summed E-state index contributed by atoms with van der Waals surface area (Å²) < 4.78 is 35.4. The molecule has 2 amide bonds. The lowest BCUT2D eigenvalue weighted by Crippen LogP contribution is -2.35. The minimum atomic E-state index is -4.36. The molecule has 0 aliphatic carbocycles. The molecule has 1 aromatic carbocycles. The van der Waals surface area contributed by atoms with E-state index in [1.165, 1.54) is 24.3 Å². The van der Waals surface area contributed by atoms with Gasteiger partial charge in [-0.3, -0.25) is 9.59 Å². The molecule has 0 radical (unpaired) electrons. The monoisotopic (exact) mass is 275 g/mol. The first-order chi connectivity index (χ1) is 8.78. The van der Waals surface area contributed by atoms with Gasteiger partial charge in [0.1, 0.15) is 0 Å². The third-order valence-corrected chi connectivity index (χ3v) is 2.06. The summed E-state index contributed by atoms with van der Waals surface area (Å²) in [6.07, 6.45) is -4.36. The summed E-state index contributed by atoms with van der Waals surface area (Å²) >= 11 is 0. The first-order valence-electron chi connectivity index (χ1n) is 5.25. The Morgan fingerprint density at radius 3 is 2.21 bits per heavy atom. The van der Waals surface area contributed by atoms with E-state index in [0.717, 1.165) is 0 Å². The van der Waals surface area contributed by atoms with Gasteiger partial charge in [0.2, 0.25) is 11.8 Å². The lowest BCUT2D eigenvalue weighted by atomic mass is 10.2. The van der Waals surface area contributed by atoms with Crippen LogP contribution in [0, 0.1) is 0 Å². The van der Waals surface area contributed by atoms with Crippen LogP contribution in [0.1, 0.15) is 10.4 Å². The van der Waals surface area contributed by atoms with Crippen LogP contribution >= 0.6 is 0 Å². The van der Waals surface area contributed by atoms with Gasteiger partial charge in [0.15, 0.2) is 0 Å². The fourth-order valence-corrected chi connectivity index (χ4v) is 1.24. The van der Waals surface area contributed by atoms with Crippen molar-refractivity contribution in [3.63, 3.8) is 0 Å². The van der Waals surface area contributed by atoms with Gasteiger partial charge in [-0.15, -0.1) is 0 Å². The maximum absolute atomic E-state index is 11.8. The summed E-state index contributed by atoms with van der Waals surface area (Å²) in [6.45, 7) is -1.70. The molecule has 0 aliphatic rings. The Kier molecular flexibility index (Phi) is 4.87. The molecular formula is C11H12F3N3O2. The summed E-state index contributed by atoms with van der Waals surface area (Å²) in [5.74, 6) is -1.22. The lowest BCUT2D eigenvalue weighted by Gasteiger charge is -2.09. The molecule has 0 saturated heterocycles. The molecule has 104 valence electrons. The number of rotatable bonds is 5. The van der Waals surface area contributed by atoms with Crippen LogP contribution in [0.3, 0.4) is 0 Å². The van der Waals surface area contributed by atoms with E-state index in [1.54, 1.807) is 0 Å². The Morgan fingerprint density at radius 2 is 1.74 bits per heavy atom. The standard InChI is InChI=1S/C11H12F3N3O2/c12-11(13,14)6-16-5-9(18)17-8-3-1-7(2-4-8)10(15)19/h1-4,16H,5-6H2,(H2,15,19)(H,17,18). The van der Waals surface area contributed by atoms with Crippen molar-refractivity contribution in [1.29, 1.82) is 0 Å². The zero-order valence-corrected chi connectivity index (χ0v) is 9.75. The number of alkyl halides is 3. The zero-order chi connectivity index (χ0) is 14.5. The van der Waals surface area contributed by atoms with Crippen LogP contribution < -0.4 is 16.4 Å². The lowest BCUT2D eigenvalue weighted by molar-refractivity contribution is -0.126. The number of nitrogens with one attached hydrogen (secondary N) is 2. The van der Waals surface area contributed by atoms with E-state index in [4.69, 9.17) is 5.73 Å². The first-order valence-corrected chi connectivity index (χ1v) is 5.25. The maximum atomic E-state index is 11.8. The van der Waals surface area contributed by atoms with Crippen molar-refractivity contribution in [2.24, 2.45) is 5.73 Å². The molecule has 0 aromatic heterocycles. The first kappa shape index (κ1) is 15.0. The highest BCUT2D eigenvalue weighted by Gasteiger charge is 2.26. The van der Waals surface area contributed by atoms with Crippen molar-refractivity contribution >= 4 is 17.5 Å². The van der Waals surface area contributed by atoms with Crippen LogP contribution in [0.2, 0.25) is 0 Å². The quantitative estimate of drug-likeness (QED) is 0.745. The van der Waals surface area contributed by atoms with Crippen LogP contribution in [0.15, 0.2) is 24.3 Å². The average molecular weight is 275 g/mol. The predicted octanol–water partition coefficient (Wildman–Crippen LogP) is 0.876. The molecular weight excluding hydrogens is 263 g/mol. The highest BCUT2D eigenvalue weighted by molar-refractivity contribution is 5.95. The van der Waals surface area contributed by atoms with Gasteiger partial charge < -0.3 is 16.4 Å². The molecule has 0 fully saturated rings. The summed E-state index contributed by atoms with van der Waals surface area (Å²) in [5.41, 5.74) is 5.66. The predicted molar refractivity (Wildman–Crippen MR) is 62.5 cm³/mol. The summed E-state index contributed by atoms with van der Waals surface area (Å²) in [7, 11) is 0. The average Bonchev–Trinajstić information content (AvgIpc) is 2.27. The Labute approximate surface area is 107 Å². The second-order valence-corrected chi connectivity index (χ2v) is 3.71. The van der Waals surface area contributed by atoms with Gasteiger partial charge in [0.05, 0.1) is 13.1 Å². The van der Waals surface area contributed by atoms with E-state index < -0.39 is 31.1 Å². The van der Waals surface area contributed by atoms with Crippen molar-refractivity contribution in [1.82, 2.24) is 5.32 Å². The molecule has 0 saturated carbocycles. The van der Waals surface area contributed by atoms with Crippen molar-refractivity contribution in [3.8, 4) is 0 Å². The molecule has 1 rings (SSSR count). The minimum Gasteiger partial charge on any atom is -0.366 e. The van der Waals surface area contributed by atoms with E-state index in [1.807, 2.05) is 5.32 Å². The van der Waals surface area contributed by atoms with Crippen molar-refractivity contribution in [2.45, 2.75) is 6.18 Å². The molecule has 0 bridgehead atoms. The fourth-order valence-electron chi connectivity index (χ4n) is 1.24. The van der Waals surface area contributed by atoms with E-state index in [0.29, 0.717) is 5.69 Å². The highest BCUT2D eigenvalue weighted by Crippen LogP contribution is 2.12. The van der Waals surface area contributed by atoms with Crippen LogP contribution in [-0.4, -0.2) is 31.1 Å². The molecule has 0 aliphatic heterocycles. The zero-order valence-electron chi connectivity index (χ0n) is 9.75. The number of hydrogen-bond acceptors (Lipinski definition) is 3. The van der Waals surface area contributed by atoms with E-state index >= 15 is 0 Å². The number of amides is 2. The highest BCUT2D eigenvalue weighted by atomic mass is 19.4. The summed E-state index contributed by atoms with van der Waals surface area (Å²) in [5, 5.41) is 4.34. The van der Waals surface area contributed by atoms with Crippen LogP contribution in [0.5, 0.6) is 0 Å². The molecule has 19 heavy (non-hydrogen) atoms. The van der Waals surface area contributed by atoms with E-state index in [2.05, 4.69) is 5.32 Å². The molecule has 5 nitrogen and oxygen atoms in total. The van der Waals surface area contributed by atoms with Gasteiger partial charge in [-0.05, 0) is 24.3 Å². The second-order valence-electron chi connectivity index (χ2n) is 3.71. The third kappa shape index (κ3) is 5.87. The number of benzene rings is 1. The minimum absolute atomic E-state index is 0.271. The molecule has 1 aromatic rings. The van der Waals surface area contributed by atoms with Gasteiger partial charge in [0.25, 0.3) is 0 Å². The Hall–Kier alpha value is -2.09. The van der Waals surface area contributed by atoms with Crippen LogP contribution in [0.4, 0.5) is 18.9 Å². The van der Waals surface area contributed by atoms with Crippen LogP contribution in [-0.2, 0) is 4.79 Å². The summed E-state index contributed by atoms with van der Waals surface area (Å²) in [6, 6.07) is 5.67. The molecule has 4 N–H and O–H groups in total. The van der Waals surface area contributed by atoms with Gasteiger partial charge in [-0.2, -0.15) is 13.2 Å². The number of carbonyl (C=O) groups excluding carboxylic acids is 2. The number of primary amides is 1. The Balaban J connectivity index is 2.42. The number of carbonyl (C=O) groups is 2. The topological polar surface area (TPSA) is 84.2 Å². The Morgan fingerprint density at radius 1 is 1.16 bits per heavy atom. The van der Waals surface area contributed by atoms with Gasteiger partial charge >= 0.3 is 6.18 Å². The van der Waals surface area contributed by atoms with Gasteiger partial charge in [-0.1, -0.05) is 0 Å².